The number of carbonyl (C=O) groups excluding carboxylic acids is 1. The summed E-state index contributed by atoms with van der Waals surface area (Å²) in [7, 11) is 1.38. The zero-order chi connectivity index (χ0) is 12.7. The molecule has 1 aliphatic rings. The third kappa shape index (κ3) is 4.13. The van der Waals surface area contributed by atoms with Crippen molar-refractivity contribution in [3.8, 4) is 0 Å². The van der Waals surface area contributed by atoms with Gasteiger partial charge < -0.3 is 15.2 Å². The van der Waals surface area contributed by atoms with Crippen molar-refractivity contribution < 1.29 is 14.6 Å². The van der Waals surface area contributed by atoms with E-state index in [1.54, 1.807) is 6.92 Å². The van der Waals surface area contributed by atoms with E-state index in [0.717, 1.165) is 25.7 Å². The van der Waals surface area contributed by atoms with E-state index < -0.39 is 0 Å². The minimum Gasteiger partial charge on any atom is -0.466 e. The quantitative estimate of drug-likeness (QED) is 0.564. The maximum absolute atomic E-state index is 11.2. The van der Waals surface area contributed by atoms with E-state index in [1.807, 2.05) is 6.08 Å². The Bertz CT molecular complexity index is 280. The Morgan fingerprint density at radius 3 is 2.59 bits per heavy atom. The first kappa shape index (κ1) is 14.2. The van der Waals surface area contributed by atoms with Gasteiger partial charge in [0.25, 0.3) is 0 Å². The molecule has 0 bridgehead atoms. The molecular weight excluding hydrogens is 218 g/mol. The van der Waals surface area contributed by atoms with Crippen LogP contribution in [0.25, 0.3) is 0 Å². The maximum Gasteiger partial charge on any atom is 0.333 e. The van der Waals surface area contributed by atoms with Gasteiger partial charge in [-0.05, 0) is 19.8 Å². The SMILES string of the molecule is COC(=O)C(C)=CCNC1(CO)CCCCC1. The molecule has 0 spiro atoms. The van der Waals surface area contributed by atoms with Crippen molar-refractivity contribution in [3.63, 3.8) is 0 Å². The zero-order valence-corrected chi connectivity index (χ0v) is 10.8. The minimum atomic E-state index is -0.298. The van der Waals surface area contributed by atoms with Crippen LogP contribution in [0.4, 0.5) is 0 Å². The van der Waals surface area contributed by atoms with Crippen molar-refractivity contribution >= 4 is 5.97 Å². The standard InChI is InChI=1S/C13H23NO3/c1-11(12(16)17-2)6-9-14-13(10-15)7-4-3-5-8-13/h6,14-15H,3-5,7-10H2,1-2H3. The van der Waals surface area contributed by atoms with Crippen molar-refractivity contribution in [2.24, 2.45) is 0 Å². The molecule has 0 heterocycles. The summed E-state index contributed by atoms with van der Waals surface area (Å²) in [4.78, 5) is 11.2. The predicted octanol–water partition coefficient (Wildman–Crippen LogP) is 1.39. The lowest BCUT2D eigenvalue weighted by Gasteiger charge is -2.36. The van der Waals surface area contributed by atoms with Crippen molar-refractivity contribution in [2.75, 3.05) is 20.3 Å². The van der Waals surface area contributed by atoms with Crippen LogP contribution in [0.3, 0.4) is 0 Å². The Morgan fingerprint density at radius 2 is 2.06 bits per heavy atom. The van der Waals surface area contributed by atoms with Gasteiger partial charge in [-0.3, -0.25) is 0 Å². The van der Waals surface area contributed by atoms with Crippen molar-refractivity contribution in [2.45, 2.75) is 44.6 Å². The number of aliphatic hydroxyl groups is 1. The first-order chi connectivity index (χ1) is 8.13. The lowest BCUT2D eigenvalue weighted by molar-refractivity contribution is -0.136. The first-order valence-corrected chi connectivity index (χ1v) is 6.24. The fourth-order valence-electron chi connectivity index (χ4n) is 2.28. The number of ether oxygens (including phenoxy) is 1. The molecule has 2 N–H and O–H groups in total. The fourth-order valence-corrected chi connectivity index (χ4v) is 2.28. The lowest BCUT2D eigenvalue weighted by atomic mass is 9.82. The Morgan fingerprint density at radius 1 is 1.41 bits per heavy atom. The number of methoxy groups -OCH3 is 1. The van der Waals surface area contributed by atoms with E-state index in [4.69, 9.17) is 0 Å². The molecule has 17 heavy (non-hydrogen) atoms. The monoisotopic (exact) mass is 241 g/mol. The van der Waals surface area contributed by atoms with Crippen LogP contribution in [0.15, 0.2) is 11.6 Å². The molecule has 0 aromatic carbocycles. The van der Waals surface area contributed by atoms with Gasteiger partial charge in [0.05, 0.1) is 13.7 Å². The van der Waals surface area contributed by atoms with Crippen LogP contribution in [0, 0.1) is 0 Å². The average Bonchev–Trinajstić information content (AvgIpc) is 2.38. The Kier molecular flexibility index (Phi) is 5.65. The molecule has 1 rings (SSSR count). The highest BCUT2D eigenvalue weighted by atomic mass is 16.5. The summed E-state index contributed by atoms with van der Waals surface area (Å²) in [5.74, 6) is -0.298. The first-order valence-electron chi connectivity index (χ1n) is 6.24. The largest absolute Gasteiger partial charge is 0.466 e. The molecule has 98 valence electrons. The van der Waals surface area contributed by atoms with E-state index in [1.165, 1.54) is 13.5 Å². The second-order valence-corrected chi connectivity index (χ2v) is 4.76. The van der Waals surface area contributed by atoms with Gasteiger partial charge in [0.2, 0.25) is 0 Å². The number of nitrogens with one attached hydrogen (secondary N) is 1. The van der Waals surface area contributed by atoms with Crippen LogP contribution in [0.1, 0.15) is 39.0 Å². The molecule has 0 saturated heterocycles. The molecule has 0 unspecified atom stereocenters. The predicted molar refractivity (Wildman–Crippen MR) is 66.7 cm³/mol. The highest BCUT2D eigenvalue weighted by Crippen LogP contribution is 2.27. The smallest absolute Gasteiger partial charge is 0.333 e. The number of carbonyl (C=O) groups is 1. The van der Waals surface area contributed by atoms with Gasteiger partial charge >= 0.3 is 5.97 Å². The summed E-state index contributed by atoms with van der Waals surface area (Å²) in [6.45, 7) is 2.50. The average molecular weight is 241 g/mol. The molecule has 4 nitrogen and oxygen atoms in total. The van der Waals surface area contributed by atoms with Crippen LogP contribution >= 0.6 is 0 Å². The van der Waals surface area contributed by atoms with E-state index in [9.17, 15) is 9.90 Å². The Balaban J connectivity index is 2.45. The van der Waals surface area contributed by atoms with Crippen LogP contribution in [0.2, 0.25) is 0 Å². The minimum absolute atomic E-state index is 0.148. The van der Waals surface area contributed by atoms with E-state index >= 15 is 0 Å². The van der Waals surface area contributed by atoms with Gasteiger partial charge in [-0.1, -0.05) is 25.3 Å². The van der Waals surface area contributed by atoms with Crippen LogP contribution in [-0.4, -0.2) is 36.9 Å². The topological polar surface area (TPSA) is 58.6 Å². The molecule has 0 aliphatic heterocycles. The molecule has 1 aliphatic carbocycles. The number of hydrogen-bond acceptors (Lipinski definition) is 4. The van der Waals surface area contributed by atoms with Crippen LogP contribution in [-0.2, 0) is 9.53 Å². The van der Waals surface area contributed by atoms with Gasteiger partial charge in [-0.15, -0.1) is 0 Å². The molecule has 4 heteroatoms. The molecule has 0 amide bonds. The third-order valence-corrected chi connectivity index (χ3v) is 3.51. The lowest BCUT2D eigenvalue weighted by Crippen LogP contribution is -2.50. The normalized spacial score (nSPS) is 20.1. The molecule has 0 atom stereocenters. The van der Waals surface area contributed by atoms with Gasteiger partial charge in [0.15, 0.2) is 0 Å². The molecule has 0 radical (unpaired) electrons. The summed E-state index contributed by atoms with van der Waals surface area (Å²) < 4.78 is 4.62. The summed E-state index contributed by atoms with van der Waals surface area (Å²) in [5, 5.41) is 12.8. The number of rotatable bonds is 5. The second kappa shape index (κ2) is 6.77. The molecule has 0 aromatic heterocycles. The summed E-state index contributed by atoms with van der Waals surface area (Å²) >= 11 is 0. The van der Waals surface area contributed by atoms with Gasteiger partial charge in [-0.2, -0.15) is 0 Å². The zero-order valence-electron chi connectivity index (χ0n) is 10.8. The summed E-state index contributed by atoms with van der Waals surface area (Å²) in [6.07, 6.45) is 7.40. The van der Waals surface area contributed by atoms with Gasteiger partial charge in [0.1, 0.15) is 0 Å². The highest BCUT2D eigenvalue weighted by Gasteiger charge is 2.30. The maximum atomic E-state index is 11.2. The fraction of sp³-hybridized carbons (Fsp3) is 0.769. The van der Waals surface area contributed by atoms with E-state index in [2.05, 4.69) is 10.1 Å². The van der Waals surface area contributed by atoms with Crippen LogP contribution < -0.4 is 5.32 Å². The number of hydrogen-bond donors (Lipinski definition) is 2. The van der Waals surface area contributed by atoms with Crippen molar-refractivity contribution in [1.29, 1.82) is 0 Å². The van der Waals surface area contributed by atoms with Crippen molar-refractivity contribution in [1.82, 2.24) is 5.32 Å². The van der Waals surface area contributed by atoms with E-state index in [0.29, 0.717) is 12.1 Å². The summed E-state index contributed by atoms with van der Waals surface area (Å²) in [6, 6.07) is 0. The van der Waals surface area contributed by atoms with Gasteiger partial charge in [-0.25, -0.2) is 4.79 Å². The summed E-state index contributed by atoms with van der Waals surface area (Å²) in [5.41, 5.74) is 0.453. The Hall–Kier alpha value is -0.870. The number of aliphatic hydroxyl groups excluding tert-OH is 1. The van der Waals surface area contributed by atoms with E-state index in [-0.39, 0.29) is 18.1 Å². The Labute approximate surface area is 103 Å². The molecule has 1 fully saturated rings. The number of esters is 1. The van der Waals surface area contributed by atoms with Gasteiger partial charge in [0, 0.05) is 17.7 Å². The third-order valence-electron chi connectivity index (χ3n) is 3.51. The highest BCUT2D eigenvalue weighted by molar-refractivity contribution is 5.87. The van der Waals surface area contributed by atoms with Crippen LogP contribution in [0.5, 0.6) is 0 Å². The second-order valence-electron chi connectivity index (χ2n) is 4.76. The molecule has 0 aromatic rings. The molecular formula is C13H23NO3. The molecule has 1 saturated carbocycles. The van der Waals surface area contributed by atoms with Crippen molar-refractivity contribution in [3.05, 3.63) is 11.6 Å².